The zero-order chi connectivity index (χ0) is 25.3. The highest BCUT2D eigenvalue weighted by molar-refractivity contribution is 6.28. The lowest BCUT2D eigenvalue weighted by Crippen LogP contribution is -2.50. The average Bonchev–Trinajstić information content (AvgIpc) is 3.28. The summed E-state index contributed by atoms with van der Waals surface area (Å²) in [5, 5.41) is 0.0919. The minimum atomic E-state index is -0.494. The van der Waals surface area contributed by atoms with Gasteiger partial charge in [-0.1, -0.05) is 0 Å². The Bertz CT molecular complexity index is 1210. The molecule has 1 aromatic carbocycles. The minimum Gasteiger partial charge on any atom is -0.444 e. The molecule has 2 fully saturated rings. The number of nitrogens with zero attached hydrogens (tertiary/aromatic N) is 6. The molecule has 0 bridgehead atoms. The second-order valence-corrected chi connectivity index (χ2v) is 10.4. The van der Waals surface area contributed by atoms with Gasteiger partial charge < -0.3 is 28.6 Å². The predicted molar refractivity (Wildman–Crippen MR) is 136 cm³/mol. The van der Waals surface area contributed by atoms with Crippen molar-refractivity contribution in [2.75, 3.05) is 44.3 Å². The lowest BCUT2D eigenvalue weighted by molar-refractivity contribution is 0.0240. The van der Waals surface area contributed by atoms with Gasteiger partial charge in [-0.2, -0.15) is 9.97 Å². The van der Waals surface area contributed by atoms with Crippen LogP contribution < -0.4 is 9.64 Å². The molecule has 11 heteroatoms. The van der Waals surface area contributed by atoms with Crippen molar-refractivity contribution in [2.24, 2.45) is 0 Å². The number of imidazole rings is 1. The Kier molecular flexibility index (Phi) is 6.90. The maximum Gasteiger partial charge on any atom is 0.410 e. The number of fused-ring (bicyclic) bond motifs is 1. The number of ether oxygens (including phenoxy) is 3. The summed E-state index contributed by atoms with van der Waals surface area (Å²) in [5.74, 6) is 1.02. The molecule has 2 aliphatic heterocycles. The molecule has 0 aliphatic carbocycles. The van der Waals surface area contributed by atoms with Crippen molar-refractivity contribution in [1.29, 1.82) is 0 Å². The third-order valence-corrected chi connectivity index (χ3v) is 6.47. The van der Waals surface area contributed by atoms with Crippen LogP contribution in [-0.4, -0.2) is 75.5 Å². The number of carbonyl (C=O) groups excluding carboxylic acids is 1. The highest BCUT2D eigenvalue weighted by Crippen LogP contribution is 2.33. The Balaban J connectivity index is 1.28. The summed E-state index contributed by atoms with van der Waals surface area (Å²) < 4.78 is 19.3. The molecule has 0 radical (unpaired) electrons. The standard InChI is InChI=1S/C25H31ClN6O4/c1-25(2,3)36-24(33)31-12-10-30(11-13-31)17-4-6-19(7-5-17)35-22-20-21(28-23(26)29-22)27-16-32(20)18-8-14-34-15-9-18/h4-7,16,18H,8-15H2,1-3H3. The van der Waals surface area contributed by atoms with E-state index in [-0.39, 0.29) is 17.4 Å². The Morgan fingerprint density at radius 2 is 1.75 bits per heavy atom. The number of anilines is 1. The Morgan fingerprint density at radius 1 is 1.06 bits per heavy atom. The number of rotatable bonds is 4. The summed E-state index contributed by atoms with van der Waals surface area (Å²) in [6, 6.07) is 8.08. The molecule has 0 N–H and O–H groups in total. The predicted octanol–water partition coefficient (Wildman–Crippen LogP) is 4.68. The fraction of sp³-hybridized carbons (Fsp3) is 0.520. The van der Waals surface area contributed by atoms with Crippen molar-refractivity contribution in [1.82, 2.24) is 24.4 Å². The van der Waals surface area contributed by atoms with E-state index in [9.17, 15) is 4.79 Å². The van der Waals surface area contributed by atoms with Crippen molar-refractivity contribution >= 4 is 34.5 Å². The third-order valence-electron chi connectivity index (χ3n) is 6.30. The molecule has 0 unspecified atom stereocenters. The summed E-state index contributed by atoms with van der Waals surface area (Å²) >= 11 is 6.17. The van der Waals surface area contributed by atoms with Gasteiger partial charge in [0.1, 0.15) is 11.4 Å². The van der Waals surface area contributed by atoms with Crippen molar-refractivity contribution in [3.8, 4) is 11.6 Å². The summed E-state index contributed by atoms with van der Waals surface area (Å²) in [6.45, 7) is 9.74. The van der Waals surface area contributed by atoms with Crippen molar-refractivity contribution in [3.05, 3.63) is 35.9 Å². The second-order valence-electron chi connectivity index (χ2n) is 10.0. The summed E-state index contributed by atoms with van der Waals surface area (Å²) in [6.07, 6.45) is 3.30. The molecule has 2 saturated heterocycles. The molecule has 192 valence electrons. The van der Waals surface area contributed by atoms with E-state index in [4.69, 9.17) is 25.8 Å². The zero-order valence-corrected chi connectivity index (χ0v) is 21.6. The van der Waals surface area contributed by atoms with Crippen LogP contribution in [0.5, 0.6) is 11.6 Å². The molecule has 2 aromatic heterocycles. The molecule has 0 saturated carbocycles. The van der Waals surface area contributed by atoms with Crippen LogP contribution in [0.2, 0.25) is 5.28 Å². The van der Waals surface area contributed by atoms with E-state index in [2.05, 4.69) is 24.4 Å². The average molecular weight is 515 g/mol. The Labute approximate surface area is 215 Å². The van der Waals surface area contributed by atoms with E-state index < -0.39 is 5.60 Å². The largest absolute Gasteiger partial charge is 0.444 e. The van der Waals surface area contributed by atoms with Crippen LogP contribution in [-0.2, 0) is 9.47 Å². The van der Waals surface area contributed by atoms with Crippen LogP contribution >= 0.6 is 11.6 Å². The van der Waals surface area contributed by atoms with E-state index in [1.165, 1.54) is 0 Å². The number of hydrogen-bond acceptors (Lipinski definition) is 8. The van der Waals surface area contributed by atoms with E-state index >= 15 is 0 Å². The molecular formula is C25H31ClN6O4. The molecule has 0 spiro atoms. The van der Waals surface area contributed by atoms with Crippen LogP contribution in [0.1, 0.15) is 39.7 Å². The van der Waals surface area contributed by atoms with Crippen LogP contribution in [0.3, 0.4) is 0 Å². The van der Waals surface area contributed by atoms with Crippen molar-refractivity contribution in [3.63, 3.8) is 0 Å². The van der Waals surface area contributed by atoms with Gasteiger partial charge in [0.2, 0.25) is 11.2 Å². The number of aromatic nitrogens is 4. The normalized spacial score (nSPS) is 17.4. The number of amides is 1. The molecule has 0 atom stereocenters. The monoisotopic (exact) mass is 514 g/mol. The first-order valence-electron chi connectivity index (χ1n) is 12.3. The van der Waals surface area contributed by atoms with Crippen LogP contribution in [0, 0.1) is 0 Å². The van der Waals surface area contributed by atoms with Gasteiger partial charge in [-0.05, 0) is 69.5 Å². The first kappa shape index (κ1) is 24.6. The highest BCUT2D eigenvalue weighted by atomic mass is 35.5. The van der Waals surface area contributed by atoms with Gasteiger partial charge in [-0.25, -0.2) is 9.78 Å². The third kappa shape index (κ3) is 5.49. The SMILES string of the molecule is CC(C)(C)OC(=O)N1CCN(c2ccc(Oc3nc(Cl)nc4ncn(C5CCOCC5)c34)cc2)CC1. The number of hydrogen-bond donors (Lipinski definition) is 0. The van der Waals surface area contributed by atoms with Crippen LogP contribution in [0.25, 0.3) is 11.2 Å². The minimum absolute atomic E-state index is 0.0919. The quantitative estimate of drug-likeness (QED) is 0.463. The molecule has 2 aliphatic rings. The van der Waals surface area contributed by atoms with Gasteiger partial charge in [0.25, 0.3) is 0 Å². The topological polar surface area (TPSA) is 94.8 Å². The highest BCUT2D eigenvalue weighted by Gasteiger charge is 2.26. The molecule has 36 heavy (non-hydrogen) atoms. The summed E-state index contributed by atoms with van der Waals surface area (Å²) in [4.78, 5) is 29.4. The van der Waals surface area contributed by atoms with Crippen LogP contribution in [0.4, 0.5) is 10.5 Å². The molecule has 1 amide bonds. The fourth-order valence-electron chi connectivity index (χ4n) is 4.51. The second kappa shape index (κ2) is 10.1. The Morgan fingerprint density at radius 3 is 2.42 bits per heavy atom. The number of benzene rings is 1. The zero-order valence-electron chi connectivity index (χ0n) is 20.8. The van der Waals surface area contributed by atoms with E-state index in [0.717, 1.165) is 37.1 Å². The Hall–Kier alpha value is -3.11. The van der Waals surface area contributed by atoms with Gasteiger partial charge in [-0.3, -0.25) is 0 Å². The first-order chi connectivity index (χ1) is 17.3. The molecule has 4 heterocycles. The number of piperazine rings is 1. The molecule has 10 nitrogen and oxygen atoms in total. The van der Waals surface area contributed by atoms with Gasteiger partial charge in [0.05, 0.1) is 6.33 Å². The van der Waals surface area contributed by atoms with E-state index in [1.54, 1.807) is 11.2 Å². The maximum atomic E-state index is 12.3. The molecular weight excluding hydrogens is 484 g/mol. The summed E-state index contributed by atoms with van der Waals surface area (Å²) in [5.41, 5.74) is 1.81. The molecule has 3 aromatic rings. The van der Waals surface area contributed by atoms with Gasteiger partial charge in [0, 0.05) is 51.1 Å². The van der Waals surface area contributed by atoms with Crippen molar-refractivity contribution in [2.45, 2.75) is 45.3 Å². The van der Waals surface area contributed by atoms with Gasteiger partial charge >= 0.3 is 6.09 Å². The van der Waals surface area contributed by atoms with Gasteiger partial charge in [0.15, 0.2) is 11.2 Å². The first-order valence-corrected chi connectivity index (χ1v) is 12.6. The van der Waals surface area contributed by atoms with E-state index in [0.29, 0.717) is 43.6 Å². The number of halogens is 1. The van der Waals surface area contributed by atoms with E-state index in [1.807, 2.05) is 45.0 Å². The summed E-state index contributed by atoms with van der Waals surface area (Å²) in [7, 11) is 0. The molecule has 5 rings (SSSR count). The lowest BCUT2D eigenvalue weighted by Gasteiger charge is -2.36. The van der Waals surface area contributed by atoms with Crippen LogP contribution in [0.15, 0.2) is 30.6 Å². The maximum absolute atomic E-state index is 12.3. The fourth-order valence-corrected chi connectivity index (χ4v) is 4.67. The smallest absolute Gasteiger partial charge is 0.410 e. The lowest BCUT2D eigenvalue weighted by atomic mass is 10.1. The van der Waals surface area contributed by atoms with Crippen molar-refractivity contribution < 1.29 is 19.0 Å². The van der Waals surface area contributed by atoms with Gasteiger partial charge in [-0.15, -0.1) is 0 Å². The number of carbonyl (C=O) groups is 1.